The van der Waals surface area contributed by atoms with Crippen LogP contribution in [0.5, 0.6) is 0 Å². The van der Waals surface area contributed by atoms with Gasteiger partial charge < -0.3 is 24.9 Å². The van der Waals surface area contributed by atoms with Gasteiger partial charge in [-0.3, -0.25) is 19.2 Å². The Hall–Kier alpha value is -4.89. The molecule has 242 valence electrons. The third-order valence-corrected chi connectivity index (χ3v) is 8.92. The summed E-state index contributed by atoms with van der Waals surface area (Å²) in [5, 5.41) is 6.64. The number of halogens is 1. The maximum absolute atomic E-state index is 13.5. The predicted octanol–water partition coefficient (Wildman–Crippen LogP) is 6.10. The van der Waals surface area contributed by atoms with Crippen LogP contribution < -0.4 is 21.0 Å². The van der Waals surface area contributed by atoms with Crippen molar-refractivity contribution in [1.82, 2.24) is 10.2 Å². The number of benzene rings is 3. The van der Waals surface area contributed by atoms with Crippen LogP contribution in [0, 0.1) is 0 Å². The molecule has 10 heteroatoms. The molecule has 1 aromatic heterocycles. The summed E-state index contributed by atoms with van der Waals surface area (Å²) in [6.07, 6.45) is 5.84. The van der Waals surface area contributed by atoms with Crippen molar-refractivity contribution in [3.05, 3.63) is 117 Å². The van der Waals surface area contributed by atoms with E-state index in [9.17, 15) is 19.2 Å². The fourth-order valence-corrected chi connectivity index (χ4v) is 6.46. The first-order valence-corrected chi connectivity index (χ1v) is 16.3. The predicted molar refractivity (Wildman–Crippen MR) is 184 cm³/mol. The zero-order chi connectivity index (χ0) is 32.9. The number of fused-ring (bicyclic) bond motifs is 1. The largest absolute Gasteiger partial charge is 0.451 e. The third-order valence-electron chi connectivity index (χ3n) is 8.66. The van der Waals surface area contributed by atoms with Crippen molar-refractivity contribution in [3.63, 3.8) is 0 Å². The van der Waals surface area contributed by atoms with E-state index in [1.165, 1.54) is 24.6 Å². The second kappa shape index (κ2) is 14.3. The van der Waals surface area contributed by atoms with Gasteiger partial charge in [-0.05, 0) is 73.2 Å². The minimum atomic E-state index is -0.492. The molecule has 9 nitrogen and oxygen atoms in total. The van der Waals surface area contributed by atoms with E-state index >= 15 is 0 Å². The zero-order valence-corrected chi connectivity index (χ0v) is 27.0. The Kier molecular flexibility index (Phi) is 9.73. The van der Waals surface area contributed by atoms with Crippen molar-refractivity contribution in [1.29, 1.82) is 0 Å². The quantitative estimate of drug-likeness (QED) is 0.212. The van der Waals surface area contributed by atoms with E-state index in [4.69, 9.17) is 16.0 Å². The number of nitrogens with zero attached hydrogens (tertiary/aromatic N) is 2. The second-order valence-corrected chi connectivity index (χ2v) is 12.6. The van der Waals surface area contributed by atoms with Gasteiger partial charge in [0.1, 0.15) is 5.58 Å². The minimum absolute atomic E-state index is 0.0859. The maximum Gasteiger partial charge on any atom is 0.287 e. The van der Waals surface area contributed by atoms with E-state index in [0.29, 0.717) is 30.1 Å². The Balaban J connectivity index is 1.19. The van der Waals surface area contributed by atoms with Crippen LogP contribution >= 0.6 is 11.6 Å². The molecule has 4 aromatic rings. The van der Waals surface area contributed by atoms with Gasteiger partial charge in [-0.2, -0.15) is 0 Å². The van der Waals surface area contributed by atoms with Gasteiger partial charge in [0.2, 0.25) is 11.8 Å². The molecule has 0 bridgehead atoms. The van der Waals surface area contributed by atoms with E-state index in [1.807, 2.05) is 41.3 Å². The Morgan fingerprint density at radius 2 is 1.72 bits per heavy atom. The summed E-state index contributed by atoms with van der Waals surface area (Å²) in [6, 6.07) is 21.4. The summed E-state index contributed by atoms with van der Waals surface area (Å²) < 4.78 is 5.86. The molecule has 0 unspecified atom stereocenters. The average molecular weight is 653 g/mol. The lowest BCUT2D eigenvalue weighted by Crippen LogP contribution is -2.37. The minimum Gasteiger partial charge on any atom is -0.451 e. The fraction of sp³-hybridized carbons (Fsp3) is 0.297. The van der Waals surface area contributed by atoms with Crippen LogP contribution in [0.4, 0.5) is 11.4 Å². The highest BCUT2D eigenvalue weighted by Crippen LogP contribution is 2.29. The summed E-state index contributed by atoms with van der Waals surface area (Å²) in [5.41, 5.74) is 4.91. The number of piperidine rings is 1. The van der Waals surface area contributed by atoms with Crippen LogP contribution in [0.1, 0.15) is 54.3 Å². The lowest BCUT2D eigenvalue weighted by Gasteiger charge is -2.33. The van der Waals surface area contributed by atoms with Gasteiger partial charge in [0.05, 0.1) is 11.4 Å². The Morgan fingerprint density at radius 1 is 0.957 bits per heavy atom. The van der Waals surface area contributed by atoms with Crippen molar-refractivity contribution in [2.24, 2.45) is 0 Å². The molecule has 0 aliphatic carbocycles. The molecule has 2 aliphatic rings. The number of carbonyl (C=O) groups excluding carboxylic acids is 3. The van der Waals surface area contributed by atoms with E-state index in [0.717, 1.165) is 55.7 Å². The number of anilines is 2. The number of para-hydroxylation sites is 1. The molecule has 3 aromatic carbocycles. The van der Waals surface area contributed by atoms with Gasteiger partial charge in [-0.15, -0.1) is 0 Å². The first kappa shape index (κ1) is 32.1. The number of likely N-dealkylation sites (tertiary alicyclic amines) is 1. The molecule has 0 radical (unpaired) electrons. The van der Waals surface area contributed by atoms with Crippen molar-refractivity contribution in [2.75, 3.05) is 29.9 Å². The van der Waals surface area contributed by atoms with Crippen LogP contribution in [-0.4, -0.2) is 48.3 Å². The molecule has 0 spiro atoms. The monoisotopic (exact) mass is 652 g/mol. The van der Waals surface area contributed by atoms with Gasteiger partial charge in [0.25, 0.3) is 5.91 Å². The summed E-state index contributed by atoms with van der Waals surface area (Å²) in [4.78, 5) is 54.5. The number of amides is 3. The second-order valence-electron chi connectivity index (χ2n) is 12.1. The van der Waals surface area contributed by atoms with Crippen molar-refractivity contribution < 1.29 is 18.8 Å². The molecule has 3 amide bonds. The molecule has 2 saturated heterocycles. The van der Waals surface area contributed by atoms with Gasteiger partial charge in [0, 0.05) is 62.0 Å². The van der Waals surface area contributed by atoms with Gasteiger partial charge >= 0.3 is 0 Å². The summed E-state index contributed by atoms with van der Waals surface area (Å²) in [6.45, 7) is 4.46. The molecule has 2 N–H and O–H groups in total. The van der Waals surface area contributed by atoms with Crippen LogP contribution in [-0.2, 0) is 22.6 Å². The average Bonchev–Trinajstić information content (AvgIpc) is 3.46. The zero-order valence-electron chi connectivity index (χ0n) is 26.3. The summed E-state index contributed by atoms with van der Waals surface area (Å²) in [5.74, 6) is -0.612. The lowest BCUT2D eigenvalue weighted by atomic mass is 9.97. The smallest absolute Gasteiger partial charge is 0.287 e. The van der Waals surface area contributed by atoms with E-state index in [2.05, 4.69) is 33.7 Å². The van der Waals surface area contributed by atoms with E-state index in [-0.39, 0.29) is 40.0 Å². The Bertz CT molecular complexity index is 1890. The van der Waals surface area contributed by atoms with Gasteiger partial charge in [-0.25, -0.2) is 0 Å². The lowest BCUT2D eigenvalue weighted by molar-refractivity contribution is -0.128. The molecule has 2 fully saturated rings. The molecule has 2 aliphatic heterocycles. The molecule has 47 heavy (non-hydrogen) atoms. The third kappa shape index (κ3) is 7.92. The number of rotatable bonds is 9. The fourth-order valence-electron chi connectivity index (χ4n) is 6.33. The topological polar surface area (TPSA) is 112 Å². The Morgan fingerprint density at radius 3 is 2.45 bits per heavy atom. The molecule has 6 rings (SSSR count). The first-order valence-electron chi connectivity index (χ1n) is 15.9. The normalized spacial score (nSPS) is 15.5. The van der Waals surface area contributed by atoms with Crippen LogP contribution in [0.15, 0.2) is 93.7 Å². The highest BCUT2D eigenvalue weighted by atomic mass is 35.5. The number of hydrogen-bond donors (Lipinski definition) is 2. The first-order chi connectivity index (χ1) is 22.7. The van der Waals surface area contributed by atoms with Gasteiger partial charge in [-0.1, -0.05) is 53.6 Å². The highest BCUT2D eigenvalue weighted by molar-refractivity contribution is 6.30. The van der Waals surface area contributed by atoms with E-state index in [1.54, 1.807) is 12.1 Å². The van der Waals surface area contributed by atoms with Crippen molar-refractivity contribution >= 4 is 51.7 Å². The van der Waals surface area contributed by atoms with Gasteiger partial charge in [0.15, 0.2) is 11.2 Å². The molecule has 0 saturated carbocycles. The number of nitrogens with one attached hydrogen (secondary N) is 2. The molecular formula is C37H37ClN4O5. The summed E-state index contributed by atoms with van der Waals surface area (Å²) >= 11 is 6.13. The highest BCUT2D eigenvalue weighted by Gasteiger charge is 2.24. The van der Waals surface area contributed by atoms with Crippen molar-refractivity contribution in [2.45, 2.75) is 51.6 Å². The maximum atomic E-state index is 13.5. The SMILES string of the molecule is CC(=O)Nc1ccc2oc(C(=O)N[C@H](C=C3CCN(c4ccccc4CN4CCCC4=O)CC3)Cc3ccc(Cl)cc3)cc(=O)c2c1. The Labute approximate surface area is 278 Å². The van der Waals surface area contributed by atoms with Crippen LogP contribution in [0.2, 0.25) is 5.02 Å². The van der Waals surface area contributed by atoms with Crippen LogP contribution in [0.25, 0.3) is 11.0 Å². The standard InChI is InChI=1S/C37H37ClN4O5/c1-24(43)39-29-12-13-34-31(21-29)33(44)22-35(47-34)37(46)40-30(19-25-8-10-28(38)11-9-25)20-26-14-17-41(18-15-26)32-6-3-2-5-27(32)23-42-16-4-7-36(42)45/h2-3,5-6,8-13,20-22,30H,4,7,14-19,23H2,1H3,(H,39,43)(H,40,46)/t30-/m0/s1. The van der Waals surface area contributed by atoms with Crippen LogP contribution in [0.3, 0.4) is 0 Å². The molecule has 3 heterocycles. The molecular weight excluding hydrogens is 616 g/mol. The van der Waals surface area contributed by atoms with E-state index < -0.39 is 5.91 Å². The molecule has 1 atom stereocenters. The number of hydrogen-bond acceptors (Lipinski definition) is 6. The van der Waals surface area contributed by atoms with Crippen molar-refractivity contribution in [3.8, 4) is 0 Å². The summed E-state index contributed by atoms with van der Waals surface area (Å²) in [7, 11) is 0. The number of carbonyl (C=O) groups is 3.